The minimum Gasteiger partial charge on any atom is -0.497 e. The molecule has 3 atom stereocenters. The molecule has 0 radical (unpaired) electrons. The van der Waals surface area contributed by atoms with E-state index in [0.29, 0.717) is 24.7 Å². The van der Waals surface area contributed by atoms with E-state index in [0.717, 1.165) is 16.9 Å². The summed E-state index contributed by atoms with van der Waals surface area (Å²) < 4.78 is 21.6. The number of carbonyl (C=O) groups is 1. The first-order valence-corrected chi connectivity index (χ1v) is 9.38. The highest BCUT2D eigenvalue weighted by molar-refractivity contribution is 5.76. The second-order valence-electron chi connectivity index (χ2n) is 6.65. The minimum absolute atomic E-state index is 0.0768. The molecule has 2 aromatic carbocycles. The Balaban J connectivity index is 1.98. The molecule has 28 heavy (non-hydrogen) atoms. The van der Waals surface area contributed by atoms with E-state index in [4.69, 9.17) is 18.9 Å². The molecule has 150 valence electrons. The first-order chi connectivity index (χ1) is 13.6. The molecule has 0 amide bonds. The van der Waals surface area contributed by atoms with Crippen LogP contribution in [0.2, 0.25) is 0 Å². The smallest absolute Gasteiger partial charge is 0.311 e. The van der Waals surface area contributed by atoms with Crippen molar-refractivity contribution in [3.63, 3.8) is 0 Å². The van der Waals surface area contributed by atoms with E-state index in [-0.39, 0.29) is 23.8 Å². The van der Waals surface area contributed by atoms with Crippen molar-refractivity contribution >= 4 is 5.97 Å². The van der Waals surface area contributed by atoms with Crippen LogP contribution in [0, 0.1) is 5.92 Å². The van der Waals surface area contributed by atoms with Crippen LogP contribution in [0.15, 0.2) is 42.5 Å². The van der Waals surface area contributed by atoms with Crippen molar-refractivity contribution in [2.24, 2.45) is 5.92 Å². The molecular weight excluding hydrogens is 358 g/mol. The average Bonchev–Trinajstić information content (AvgIpc) is 3.18. The number of methoxy groups -OCH3 is 3. The number of rotatable bonds is 7. The Hall–Kier alpha value is -2.73. The molecule has 2 aromatic rings. The Bertz CT molecular complexity index is 805. The average molecular weight is 385 g/mol. The van der Waals surface area contributed by atoms with E-state index in [9.17, 15) is 4.79 Å². The fourth-order valence-electron chi connectivity index (χ4n) is 3.84. The molecular formula is C22H27NO5. The van der Waals surface area contributed by atoms with E-state index < -0.39 is 0 Å². The number of hydrogen-bond acceptors (Lipinski definition) is 6. The third kappa shape index (κ3) is 3.92. The van der Waals surface area contributed by atoms with Crippen LogP contribution in [-0.4, -0.2) is 40.5 Å². The van der Waals surface area contributed by atoms with Crippen molar-refractivity contribution in [1.29, 1.82) is 0 Å². The number of hydrogen-bond donors (Lipinski definition) is 1. The Morgan fingerprint density at radius 1 is 1.00 bits per heavy atom. The summed E-state index contributed by atoms with van der Waals surface area (Å²) >= 11 is 0. The number of benzene rings is 2. The quantitative estimate of drug-likeness (QED) is 0.738. The lowest BCUT2D eigenvalue weighted by atomic mass is 9.82. The highest BCUT2D eigenvalue weighted by Gasteiger charge is 2.44. The molecule has 0 aliphatic carbocycles. The van der Waals surface area contributed by atoms with Gasteiger partial charge in [0.1, 0.15) is 17.2 Å². The second-order valence-corrected chi connectivity index (χ2v) is 6.65. The molecule has 0 spiro atoms. The molecule has 0 unspecified atom stereocenters. The number of carbonyl (C=O) groups excluding carboxylic acids is 1. The second kappa shape index (κ2) is 8.97. The first-order valence-electron chi connectivity index (χ1n) is 9.38. The Morgan fingerprint density at radius 3 is 2.29 bits per heavy atom. The molecule has 1 aliphatic rings. The number of ether oxygens (including phenoxy) is 4. The summed E-state index contributed by atoms with van der Waals surface area (Å²) in [6, 6.07) is 13.3. The zero-order valence-electron chi connectivity index (χ0n) is 16.7. The molecule has 1 N–H and O–H groups in total. The van der Waals surface area contributed by atoms with Crippen molar-refractivity contribution in [3.05, 3.63) is 53.6 Å². The lowest BCUT2D eigenvalue weighted by molar-refractivity contribution is -0.148. The van der Waals surface area contributed by atoms with Gasteiger partial charge in [-0.1, -0.05) is 18.2 Å². The van der Waals surface area contributed by atoms with Gasteiger partial charge in [0.2, 0.25) is 0 Å². The summed E-state index contributed by atoms with van der Waals surface area (Å²) in [5.41, 5.74) is 1.98. The minimum atomic E-state index is -0.365. The van der Waals surface area contributed by atoms with E-state index in [1.807, 2.05) is 49.4 Å². The van der Waals surface area contributed by atoms with E-state index in [1.165, 1.54) is 0 Å². The van der Waals surface area contributed by atoms with Crippen molar-refractivity contribution in [2.75, 3.05) is 34.5 Å². The van der Waals surface area contributed by atoms with Gasteiger partial charge in [-0.05, 0) is 36.2 Å². The molecule has 0 aromatic heterocycles. The normalized spacial score (nSPS) is 21.2. The fourth-order valence-corrected chi connectivity index (χ4v) is 3.84. The van der Waals surface area contributed by atoms with Crippen LogP contribution in [0.1, 0.15) is 30.0 Å². The molecule has 6 nitrogen and oxygen atoms in total. The van der Waals surface area contributed by atoms with Crippen LogP contribution < -0.4 is 19.5 Å². The van der Waals surface area contributed by atoms with Crippen LogP contribution in [0.25, 0.3) is 0 Å². The standard InChI is InChI=1S/C22H27NO5/c1-5-28-22(24)20-18(17-11-10-16(26-3)12-19(17)27-4)13-23-21(20)14-6-8-15(25-2)9-7-14/h6-12,18,20-21,23H,5,13H2,1-4H3/t18-,20+,21+/m1/s1. The third-order valence-corrected chi connectivity index (χ3v) is 5.22. The maximum Gasteiger partial charge on any atom is 0.311 e. The Labute approximate surface area is 165 Å². The van der Waals surface area contributed by atoms with Gasteiger partial charge in [0.15, 0.2) is 0 Å². The number of esters is 1. The van der Waals surface area contributed by atoms with Gasteiger partial charge in [-0.25, -0.2) is 0 Å². The Kier molecular flexibility index (Phi) is 6.41. The van der Waals surface area contributed by atoms with Gasteiger partial charge in [-0.2, -0.15) is 0 Å². The van der Waals surface area contributed by atoms with Crippen molar-refractivity contribution in [3.8, 4) is 17.2 Å². The van der Waals surface area contributed by atoms with E-state index >= 15 is 0 Å². The first kappa shape index (κ1) is 20.0. The maximum absolute atomic E-state index is 12.9. The van der Waals surface area contributed by atoms with Gasteiger partial charge in [-0.15, -0.1) is 0 Å². The van der Waals surface area contributed by atoms with Crippen LogP contribution in [-0.2, 0) is 9.53 Å². The third-order valence-electron chi connectivity index (χ3n) is 5.22. The summed E-state index contributed by atoms with van der Waals surface area (Å²) in [5, 5.41) is 3.50. The predicted molar refractivity (Wildman–Crippen MR) is 106 cm³/mol. The van der Waals surface area contributed by atoms with E-state index in [1.54, 1.807) is 21.3 Å². The van der Waals surface area contributed by atoms with Crippen molar-refractivity contribution < 1.29 is 23.7 Å². The van der Waals surface area contributed by atoms with Gasteiger partial charge >= 0.3 is 5.97 Å². The summed E-state index contributed by atoms with van der Waals surface area (Å²) in [6.45, 7) is 2.81. The van der Waals surface area contributed by atoms with Gasteiger partial charge in [0, 0.05) is 24.6 Å². The molecule has 0 bridgehead atoms. The topological polar surface area (TPSA) is 66.0 Å². The lowest BCUT2D eigenvalue weighted by Crippen LogP contribution is -2.27. The van der Waals surface area contributed by atoms with Crippen LogP contribution in [0.3, 0.4) is 0 Å². The summed E-state index contributed by atoms with van der Waals surface area (Å²) in [5.74, 6) is 1.54. The monoisotopic (exact) mass is 385 g/mol. The molecule has 1 heterocycles. The molecule has 0 saturated carbocycles. The van der Waals surface area contributed by atoms with Gasteiger partial charge in [0.25, 0.3) is 0 Å². The van der Waals surface area contributed by atoms with E-state index in [2.05, 4.69) is 5.32 Å². The molecule has 1 saturated heterocycles. The maximum atomic E-state index is 12.9. The van der Waals surface area contributed by atoms with Crippen molar-refractivity contribution in [1.82, 2.24) is 5.32 Å². The zero-order valence-corrected chi connectivity index (χ0v) is 16.7. The van der Waals surface area contributed by atoms with Crippen LogP contribution in [0.4, 0.5) is 0 Å². The Morgan fingerprint density at radius 2 is 1.68 bits per heavy atom. The summed E-state index contributed by atoms with van der Waals surface area (Å²) in [7, 11) is 4.88. The number of nitrogens with one attached hydrogen (secondary N) is 1. The van der Waals surface area contributed by atoms with Gasteiger partial charge in [-0.3, -0.25) is 4.79 Å². The zero-order chi connectivity index (χ0) is 20.1. The largest absolute Gasteiger partial charge is 0.497 e. The predicted octanol–water partition coefficient (Wildman–Crippen LogP) is 3.32. The summed E-state index contributed by atoms with van der Waals surface area (Å²) in [6.07, 6.45) is 0. The van der Waals surface area contributed by atoms with Crippen LogP contribution >= 0.6 is 0 Å². The highest BCUT2D eigenvalue weighted by atomic mass is 16.5. The molecule has 3 rings (SSSR count). The molecule has 1 aliphatic heterocycles. The molecule has 1 fully saturated rings. The molecule has 6 heteroatoms. The van der Waals surface area contributed by atoms with Crippen molar-refractivity contribution in [2.45, 2.75) is 18.9 Å². The highest BCUT2D eigenvalue weighted by Crippen LogP contribution is 2.44. The fraction of sp³-hybridized carbons (Fsp3) is 0.409. The van der Waals surface area contributed by atoms with Gasteiger partial charge in [0.05, 0.1) is 33.9 Å². The SMILES string of the molecule is CCOC(=O)[C@H]1[C@@H](c2ccc(OC)cc2OC)CN[C@H]1c1ccc(OC)cc1. The lowest BCUT2D eigenvalue weighted by Gasteiger charge is -2.24. The van der Waals surface area contributed by atoms with Gasteiger partial charge < -0.3 is 24.3 Å². The van der Waals surface area contributed by atoms with Crippen LogP contribution in [0.5, 0.6) is 17.2 Å². The summed E-state index contributed by atoms with van der Waals surface area (Å²) in [4.78, 5) is 12.9.